The van der Waals surface area contributed by atoms with Gasteiger partial charge in [0.05, 0.1) is 11.7 Å². The summed E-state index contributed by atoms with van der Waals surface area (Å²) in [6.45, 7) is -0.280. The molecule has 45 heavy (non-hydrogen) atoms. The zero-order valence-electron chi connectivity index (χ0n) is 23.1. The smallest absolute Gasteiger partial charge is 0.351 e. The van der Waals surface area contributed by atoms with Gasteiger partial charge in [0.2, 0.25) is 5.91 Å². The van der Waals surface area contributed by atoms with Crippen molar-refractivity contribution in [3.63, 3.8) is 0 Å². The maximum atomic E-state index is 13.6. The molecule has 0 aliphatic rings. The Labute approximate surface area is 271 Å². The Morgan fingerprint density at radius 1 is 0.889 bits per heavy atom. The van der Waals surface area contributed by atoms with Crippen molar-refractivity contribution in [1.29, 1.82) is 0 Å². The Bertz CT molecular complexity index is 1770. The number of halogens is 5. The lowest BCUT2D eigenvalue weighted by atomic mass is 9.90. The number of hydrogen-bond donors (Lipinski definition) is 3. The molecule has 0 saturated heterocycles. The quantitative estimate of drug-likeness (QED) is 0.109. The minimum atomic E-state index is -4.46. The molecule has 0 aromatic heterocycles. The molecule has 0 aliphatic heterocycles. The maximum Gasteiger partial charge on any atom is 0.446 e. The molecule has 2 amide bonds. The van der Waals surface area contributed by atoms with Crippen LogP contribution in [0.5, 0.6) is 0 Å². The molecular weight excluding hydrogens is 672 g/mol. The highest BCUT2D eigenvalue weighted by molar-refractivity contribution is 8.00. The van der Waals surface area contributed by atoms with E-state index in [0.717, 1.165) is 11.1 Å². The fraction of sp³-hybridized carbons (Fsp3) is 0.161. The predicted molar refractivity (Wildman–Crippen MR) is 171 cm³/mol. The van der Waals surface area contributed by atoms with Crippen molar-refractivity contribution in [1.82, 2.24) is 5.32 Å². The largest absolute Gasteiger partial charge is 0.446 e. The summed E-state index contributed by atoms with van der Waals surface area (Å²) in [7, 11) is -4.23. The molecule has 1 unspecified atom stereocenters. The second-order valence-electron chi connectivity index (χ2n) is 9.80. The average Bonchev–Trinajstić information content (AvgIpc) is 2.96. The van der Waals surface area contributed by atoms with Gasteiger partial charge in [0.25, 0.3) is 16.0 Å². The fourth-order valence-corrected chi connectivity index (χ4v) is 5.79. The second-order valence-corrected chi connectivity index (χ2v) is 13.4. The lowest BCUT2D eigenvalue weighted by molar-refractivity contribution is -0.117. The van der Waals surface area contributed by atoms with Crippen LogP contribution >= 0.6 is 35.0 Å². The van der Waals surface area contributed by atoms with Crippen molar-refractivity contribution < 1.29 is 35.7 Å². The Morgan fingerprint density at radius 3 is 2.11 bits per heavy atom. The number of nitrogens with one attached hydrogen (secondary N) is 2. The summed E-state index contributed by atoms with van der Waals surface area (Å²) >= 11 is 12.1. The highest BCUT2D eigenvalue weighted by atomic mass is 35.5. The SMILES string of the molecule is O=C(NCCS(=O)(=O)O)c1ccc(CC(C(=O)Nc2ccc(-c3ccc(Cl)cc3Cl)cc2)c2ccc(SC(F)(F)F)cc2)cc1. The molecule has 236 valence electrons. The molecule has 0 bridgehead atoms. The van der Waals surface area contributed by atoms with Gasteiger partial charge in [0.1, 0.15) is 0 Å². The Kier molecular flexibility index (Phi) is 11.2. The van der Waals surface area contributed by atoms with Crippen molar-refractivity contribution in [3.8, 4) is 11.1 Å². The molecule has 0 spiro atoms. The fourth-order valence-electron chi connectivity index (χ4n) is 4.37. The minimum Gasteiger partial charge on any atom is -0.351 e. The Morgan fingerprint density at radius 2 is 1.53 bits per heavy atom. The monoisotopic (exact) mass is 696 g/mol. The van der Waals surface area contributed by atoms with Gasteiger partial charge < -0.3 is 10.6 Å². The summed E-state index contributed by atoms with van der Waals surface area (Å²) < 4.78 is 69.2. The molecule has 3 N–H and O–H groups in total. The first kappa shape index (κ1) is 34.3. The van der Waals surface area contributed by atoms with E-state index in [9.17, 15) is 31.2 Å². The zero-order chi connectivity index (χ0) is 32.8. The highest BCUT2D eigenvalue weighted by Gasteiger charge is 2.29. The molecule has 4 aromatic carbocycles. The van der Waals surface area contributed by atoms with Crippen LogP contribution in [0.15, 0.2) is 95.9 Å². The predicted octanol–water partition coefficient (Wildman–Crippen LogP) is 7.85. The van der Waals surface area contributed by atoms with E-state index in [4.69, 9.17) is 27.8 Å². The minimum absolute atomic E-state index is 0.0220. The first-order valence-electron chi connectivity index (χ1n) is 13.2. The van der Waals surface area contributed by atoms with Gasteiger partial charge in [0.15, 0.2) is 0 Å². The lowest BCUT2D eigenvalue weighted by Gasteiger charge is -2.19. The van der Waals surface area contributed by atoms with Crippen molar-refractivity contribution in [2.45, 2.75) is 22.7 Å². The highest BCUT2D eigenvalue weighted by Crippen LogP contribution is 2.37. The van der Waals surface area contributed by atoms with Crippen LogP contribution in [0.3, 0.4) is 0 Å². The number of thioether (sulfide) groups is 1. The van der Waals surface area contributed by atoms with Crippen LogP contribution in [0.4, 0.5) is 18.9 Å². The van der Waals surface area contributed by atoms with E-state index < -0.39 is 39.1 Å². The summed E-state index contributed by atoms with van der Waals surface area (Å²) in [5.74, 6) is -2.41. The van der Waals surface area contributed by atoms with Crippen molar-refractivity contribution in [2.24, 2.45) is 0 Å². The van der Waals surface area contributed by atoms with Gasteiger partial charge in [-0.15, -0.1) is 0 Å². The van der Waals surface area contributed by atoms with Gasteiger partial charge >= 0.3 is 5.51 Å². The van der Waals surface area contributed by atoms with E-state index in [2.05, 4.69) is 10.6 Å². The summed E-state index contributed by atoms with van der Waals surface area (Å²) in [6, 6.07) is 23.9. The van der Waals surface area contributed by atoms with E-state index in [1.807, 2.05) is 0 Å². The summed E-state index contributed by atoms with van der Waals surface area (Å²) in [5, 5.41) is 6.22. The Hall–Kier alpha value is -3.55. The maximum absolute atomic E-state index is 13.6. The third-order valence-corrected chi connectivity index (χ3v) is 8.54. The number of benzene rings is 4. The molecule has 1 atom stereocenters. The van der Waals surface area contributed by atoms with Gasteiger partial charge in [-0.2, -0.15) is 21.6 Å². The van der Waals surface area contributed by atoms with Crippen LogP contribution in [0.2, 0.25) is 10.0 Å². The van der Waals surface area contributed by atoms with Crippen molar-refractivity contribution >= 4 is 62.6 Å². The number of rotatable bonds is 11. The van der Waals surface area contributed by atoms with Crippen LogP contribution in [-0.2, 0) is 21.3 Å². The van der Waals surface area contributed by atoms with E-state index in [1.165, 1.54) is 36.4 Å². The summed E-state index contributed by atoms with van der Waals surface area (Å²) in [4.78, 5) is 25.9. The molecule has 7 nitrogen and oxygen atoms in total. The molecular formula is C31H25Cl2F3N2O5S2. The van der Waals surface area contributed by atoms with Crippen LogP contribution in [0, 0.1) is 0 Å². The number of carbonyl (C=O) groups is 2. The number of carbonyl (C=O) groups excluding carboxylic acids is 2. The zero-order valence-corrected chi connectivity index (χ0v) is 26.3. The van der Waals surface area contributed by atoms with Crippen LogP contribution < -0.4 is 10.6 Å². The first-order valence-corrected chi connectivity index (χ1v) is 16.4. The van der Waals surface area contributed by atoms with Gasteiger partial charge in [-0.05, 0) is 83.4 Å². The Balaban J connectivity index is 1.53. The topological polar surface area (TPSA) is 113 Å². The third kappa shape index (κ3) is 10.5. The number of anilines is 1. The molecule has 0 saturated carbocycles. The van der Waals surface area contributed by atoms with E-state index in [1.54, 1.807) is 54.6 Å². The van der Waals surface area contributed by atoms with Gasteiger partial charge in [-0.25, -0.2) is 0 Å². The van der Waals surface area contributed by atoms with E-state index in [-0.39, 0.29) is 35.2 Å². The molecule has 0 radical (unpaired) electrons. The van der Waals surface area contributed by atoms with Crippen molar-refractivity contribution in [2.75, 3.05) is 17.6 Å². The van der Waals surface area contributed by atoms with Crippen LogP contribution in [0.25, 0.3) is 11.1 Å². The molecule has 0 fully saturated rings. The number of hydrogen-bond acceptors (Lipinski definition) is 5. The molecule has 4 rings (SSSR count). The van der Waals surface area contributed by atoms with E-state index in [0.29, 0.717) is 26.9 Å². The van der Waals surface area contributed by atoms with Crippen LogP contribution in [-0.4, -0.2) is 42.6 Å². The second kappa shape index (κ2) is 14.7. The van der Waals surface area contributed by atoms with Gasteiger partial charge in [-0.1, -0.05) is 65.7 Å². The number of alkyl halides is 3. The lowest BCUT2D eigenvalue weighted by Crippen LogP contribution is -2.28. The molecule has 0 heterocycles. The van der Waals surface area contributed by atoms with Gasteiger partial charge in [0, 0.05) is 38.3 Å². The molecule has 0 aliphatic carbocycles. The molecule has 14 heteroatoms. The van der Waals surface area contributed by atoms with Crippen LogP contribution in [0.1, 0.15) is 27.4 Å². The molecule has 4 aromatic rings. The third-order valence-electron chi connectivity index (χ3n) is 6.53. The standard InChI is InChI=1S/C31H25Cl2F3N2O5S2/c32-23-9-14-26(28(33)18-23)20-5-10-24(11-6-20)38-30(40)27(21-7-12-25(13-8-21)44-31(34,35)36)17-19-1-3-22(4-2-19)29(39)37-15-16-45(41,42)43/h1-14,18,27H,15-17H2,(H,37,39)(H,38,40)(H,41,42,43). The number of amides is 2. The first-order chi connectivity index (χ1) is 21.2. The normalized spacial score (nSPS) is 12.4. The van der Waals surface area contributed by atoms with Crippen molar-refractivity contribution in [3.05, 3.63) is 118 Å². The summed E-state index contributed by atoms with van der Waals surface area (Å²) in [5.41, 5.74) is -1.05. The average molecular weight is 698 g/mol. The summed E-state index contributed by atoms with van der Waals surface area (Å²) in [6.07, 6.45) is 0.153. The van der Waals surface area contributed by atoms with Gasteiger partial charge in [-0.3, -0.25) is 14.1 Å². The van der Waals surface area contributed by atoms with E-state index >= 15 is 0 Å².